The van der Waals surface area contributed by atoms with Gasteiger partial charge in [-0.3, -0.25) is 4.79 Å². The maximum atomic E-state index is 12.7. The molecule has 0 radical (unpaired) electrons. The van der Waals surface area contributed by atoms with Crippen LogP contribution in [-0.4, -0.2) is 37.0 Å². The van der Waals surface area contributed by atoms with E-state index in [1.54, 1.807) is 7.11 Å². The van der Waals surface area contributed by atoms with E-state index in [0.29, 0.717) is 12.1 Å². The van der Waals surface area contributed by atoms with Crippen molar-refractivity contribution < 1.29 is 9.53 Å². The fraction of sp³-hybridized carbons (Fsp3) is 0.533. The first-order valence-corrected chi connectivity index (χ1v) is 7.81. The first kappa shape index (κ1) is 15.3. The first-order valence-electron chi connectivity index (χ1n) is 7.02. The molecule has 0 aromatic heterocycles. The fourth-order valence-electron chi connectivity index (χ4n) is 2.73. The molecule has 1 fully saturated rings. The second-order valence-electron chi connectivity index (χ2n) is 5.07. The number of hydrogen-bond donors (Lipinski definition) is 1. The second kappa shape index (κ2) is 7.09. The molecule has 1 aromatic rings. The van der Waals surface area contributed by atoms with E-state index in [9.17, 15) is 4.79 Å². The molecule has 1 aromatic carbocycles. The highest BCUT2D eigenvalue weighted by molar-refractivity contribution is 9.10. The summed E-state index contributed by atoms with van der Waals surface area (Å²) >= 11 is 3.43. The number of carbonyl (C=O) groups excluding carboxylic acids is 1. The number of nitrogens with two attached hydrogens (primary N) is 1. The van der Waals surface area contributed by atoms with E-state index in [0.717, 1.165) is 36.0 Å². The highest BCUT2D eigenvalue weighted by atomic mass is 79.9. The summed E-state index contributed by atoms with van der Waals surface area (Å²) in [6.45, 7) is 1.45. The van der Waals surface area contributed by atoms with E-state index >= 15 is 0 Å². The number of ether oxygens (including phenoxy) is 1. The van der Waals surface area contributed by atoms with Crippen LogP contribution in [0.3, 0.4) is 0 Å². The largest absolute Gasteiger partial charge is 0.496 e. The minimum absolute atomic E-state index is 0.0894. The average molecular weight is 341 g/mol. The lowest BCUT2D eigenvalue weighted by atomic mass is 9.98. The third-order valence-corrected chi connectivity index (χ3v) is 4.41. The average Bonchev–Trinajstić information content (AvgIpc) is 2.47. The van der Waals surface area contributed by atoms with Gasteiger partial charge in [-0.05, 0) is 66.4 Å². The molecule has 2 rings (SSSR count). The normalized spacial score (nSPS) is 18.9. The molecule has 1 unspecified atom stereocenters. The van der Waals surface area contributed by atoms with Gasteiger partial charge in [-0.15, -0.1) is 0 Å². The number of methoxy groups -OCH3 is 1. The summed E-state index contributed by atoms with van der Waals surface area (Å²) in [4.78, 5) is 14.6. The summed E-state index contributed by atoms with van der Waals surface area (Å²) in [5.74, 6) is 0.824. The van der Waals surface area contributed by atoms with Gasteiger partial charge in [0, 0.05) is 18.2 Å². The zero-order chi connectivity index (χ0) is 14.5. The molecule has 1 heterocycles. The molecular formula is C15H21BrN2O2. The molecule has 5 heteroatoms. The van der Waals surface area contributed by atoms with Crippen LogP contribution in [0.4, 0.5) is 0 Å². The number of amides is 1. The molecule has 1 saturated heterocycles. The smallest absolute Gasteiger partial charge is 0.254 e. The molecule has 1 amide bonds. The predicted octanol–water partition coefficient (Wildman–Crippen LogP) is 2.80. The van der Waals surface area contributed by atoms with Gasteiger partial charge in [-0.2, -0.15) is 0 Å². The molecule has 110 valence electrons. The van der Waals surface area contributed by atoms with E-state index in [1.165, 1.54) is 6.42 Å². The summed E-state index contributed by atoms with van der Waals surface area (Å²) in [6.07, 6.45) is 4.19. The van der Waals surface area contributed by atoms with Crippen molar-refractivity contribution in [3.63, 3.8) is 0 Å². The number of hydrogen-bond acceptors (Lipinski definition) is 3. The molecule has 0 bridgehead atoms. The summed E-state index contributed by atoms with van der Waals surface area (Å²) in [6, 6.07) is 5.75. The number of halogens is 1. The maximum Gasteiger partial charge on any atom is 0.254 e. The van der Waals surface area contributed by atoms with Gasteiger partial charge in [0.1, 0.15) is 5.75 Å². The van der Waals surface area contributed by atoms with Crippen LogP contribution in [0.15, 0.2) is 22.7 Å². The van der Waals surface area contributed by atoms with Crippen LogP contribution in [0.5, 0.6) is 5.75 Å². The Kier molecular flexibility index (Phi) is 5.43. The quantitative estimate of drug-likeness (QED) is 0.916. The summed E-state index contributed by atoms with van der Waals surface area (Å²) < 4.78 is 6.00. The van der Waals surface area contributed by atoms with Gasteiger partial charge >= 0.3 is 0 Å². The molecule has 20 heavy (non-hydrogen) atoms. The van der Waals surface area contributed by atoms with Crippen molar-refractivity contribution in [1.29, 1.82) is 0 Å². The van der Waals surface area contributed by atoms with E-state index < -0.39 is 0 Å². The number of likely N-dealkylation sites (tertiary alicyclic amines) is 1. The zero-order valence-electron chi connectivity index (χ0n) is 11.8. The van der Waals surface area contributed by atoms with E-state index in [-0.39, 0.29) is 11.9 Å². The fourth-order valence-corrected chi connectivity index (χ4v) is 3.27. The first-order chi connectivity index (χ1) is 9.67. The molecule has 1 aliphatic heterocycles. The third-order valence-electron chi connectivity index (χ3n) is 3.79. The number of nitrogens with zero attached hydrogens (tertiary/aromatic N) is 1. The van der Waals surface area contributed by atoms with E-state index in [4.69, 9.17) is 10.5 Å². The standard InChI is InChI=1S/C15H21BrN2O2/c1-20-14-6-5-11(10-13(14)16)15(19)18-9-3-2-4-12(18)7-8-17/h5-6,10,12H,2-4,7-9,17H2,1H3. The van der Waals surface area contributed by atoms with Gasteiger partial charge in [0.2, 0.25) is 0 Å². The minimum Gasteiger partial charge on any atom is -0.496 e. The van der Waals surface area contributed by atoms with Crippen LogP contribution < -0.4 is 10.5 Å². The van der Waals surface area contributed by atoms with Crippen molar-refractivity contribution >= 4 is 21.8 Å². The Hall–Kier alpha value is -1.07. The summed E-state index contributed by atoms with van der Waals surface area (Å²) in [7, 11) is 1.61. The van der Waals surface area contributed by atoms with Crippen molar-refractivity contribution in [2.24, 2.45) is 5.73 Å². The van der Waals surface area contributed by atoms with E-state index in [1.807, 2.05) is 23.1 Å². The van der Waals surface area contributed by atoms with Crippen molar-refractivity contribution in [2.75, 3.05) is 20.2 Å². The highest BCUT2D eigenvalue weighted by Gasteiger charge is 2.27. The summed E-state index contributed by atoms with van der Waals surface area (Å²) in [5.41, 5.74) is 6.36. The lowest BCUT2D eigenvalue weighted by Crippen LogP contribution is -2.44. The van der Waals surface area contributed by atoms with E-state index in [2.05, 4.69) is 15.9 Å². The lowest BCUT2D eigenvalue weighted by molar-refractivity contribution is 0.0605. The van der Waals surface area contributed by atoms with Crippen LogP contribution >= 0.6 is 15.9 Å². The Morgan fingerprint density at radius 3 is 2.95 bits per heavy atom. The van der Waals surface area contributed by atoms with Gasteiger partial charge in [0.05, 0.1) is 11.6 Å². The lowest BCUT2D eigenvalue weighted by Gasteiger charge is -2.35. The van der Waals surface area contributed by atoms with Gasteiger partial charge < -0.3 is 15.4 Å². The number of benzene rings is 1. The summed E-state index contributed by atoms with van der Waals surface area (Å²) in [5, 5.41) is 0. The molecule has 0 spiro atoms. The molecule has 1 aliphatic rings. The zero-order valence-corrected chi connectivity index (χ0v) is 13.4. The molecule has 0 saturated carbocycles. The minimum atomic E-state index is 0.0894. The van der Waals surface area contributed by atoms with Gasteiger partial charge in [-0.1, -0.05) is 0 Å². The van der Waals surface area contributed by atoms with Gasteiger partial charge in [0.25, 0.3) is 5.91 Å². The van der Waals surface area contributed by atoms with Crippen LogP contribution in [0.2, 0.25) is 0 Å². The Balaban J connectivity index is 2.18. The van der Waals surface area contributed by atoms with Gasteiger partial charge in [-0.25, -0.2) is 0 Å². The Morgan fingerprint density at radius 2 is 2.30 bits per heavy atom. The molecule has 1 atom stereocenters. The monoisotopic (exact) mass is 340 g/mol. The Morgan fingerprint density at radius 1 is 1.50 bits per heavy atom. The van der Waals surface area contributed by atoms with Crippen LogP contribution in [0.1, 0.15) is 36.0 Å². The van der Waals surface area contributed by atoms with Crippen molar-refractivity contribution in [2.45, 2.75) is 31.7 Å². The van der Waals surface area contributed by atoms with Crippen LogP contribution in [0.25, 0.3) is 0 Å². The van der Waals surface area contributed by atoms with Gasteiger partial charge in [0.15, 0.2) is 0 Å². The molecular weight excluding hydrogens is 320 g/mol. The Labute approximate surface area is 128 Å². The Bertz CT molecular complexity index is 477. The van der Waals surface area contributed by atoms with Crippen molar-refractivity contribution in [1.82, 2.24) is 4.90 Å². The highest BCUT2D eigenvalue weighted by Crippen LogP contribution is 2.28. The number of piperidine rings is 1. The van der Waals surface area contributed by atoms with Crippen molar-refractivity contribution in [3.05, 3.63) is 28.2 Å². The van der Waals surface area contributed by atoms with Crippen molar-refractivity contribution in [3.8, 4) is 5.75 Å². The predicted molar refractivity (Wildman–Crippen MR) is 83.0 cm³/mol. The topological polar surface area (TPSA) is 55.6 Å². The molecule has 2 N–H and O–H groups in total. The second-order valence-corrected chi connectivity index (χ2v) is 5.93. The number of carbonyl (C=O) groups is 1. The maximum absolute atomic E-state index is 12.7. The third kappa shape index (κ3) is 3.33. The molecule has 4 nitrogen and oxygen atoms in total. The number of rotatable bonds is 4. The van der Waals surface area contributed by atoms with Crippen LogP contribution in [-0.2, 0) is 0 Å². The SMILES string of the molecule is COc1ccc(C(=O)N2CCCCC2CCN)cc1Br. The van der Waals surface area contributed by atoms with Crippen LogP contribution in [0, 0.1) is 0 Å². The molecule has 0 aliphatic carbocycles.